The number of hydrogen-bond acceptors (Lipinski definition) is 8. The van der Waals surface area contributed by atoms with Crippen molar-refractivity contribution in [2.45, 2.75) is 20.5 Å². The van der Waals surface area contributed by atoms with Gasteiger partial charge in [0, 0.05) is 49.9 Å². The lowest BCUT2D eigenvalue weighted by molar-refractivity contribution is 0.177. The van der Waals surface area contributed by atoms with E-state index in [-0.39, 0.29) is 0 Å². The van der Waals surface area contributed by atoms with Gasteiger partial charge in [-0.1, -0.05) is 0 Å². The first-order valence-electron chi connectivity index (χ1n) is 8.68. The number of ether oxygens (including phenoxy) is 1. The van der Waals surface area contributed by atoms with Crippen LogP contribution in [0, 0.1) is 13.8 Å². The quantitative estimate of drug-likeness (QED) is 0.699. The van der Waals surface area contributed by atoms with Gasteiger partial charge in [-0.05, 0) is 19.9 Å². The molecule has 0 atom stereocenters. The third-order valence-electron chi connectivity index (χ3n) is 4.50. The Morgan fingerprint density at radius 3 is 2.58 bits per heavy atom. The first-order chi connectivity index (χ1) is 12.6. The molecule has 0 bridgehead atoms. The fourth-order valence-corrected chi connectivity index (χ4v) is 4.17. The number of aromatic nitrogens is 4. The van der Waals surface area contributed by atoms with Gasteiger partial charge in [0.05, 0.1) is 5.39 Å². The summed E-state index contributed by atoms with van der Waals surface area (Å²) in [6.45, 7) is 8.16. The van der Waals surface area contributed by atoms with Crippen LogP contribution in [0.2, 0.25) is 0 Å². The minimum atomic E-state index is 0.436. The molecule has 0 spiro atoms. The summed E-state index contributed by atoms with van der Waals surface area (Å²) in [4.78, 5) is 25.0. The Labute approximate surface area is 156 Å². The van der Waals surface area contributed by atoms with Gasteiger partial charge < -0.3 is 14.5 Å². The monoisotopic (exact) mass is 370 g/mol. The van der Waals surface area contributed by atoms with Gasteiger partial charge in [-0.2, -0.15) is 0 Å². The molecule has 136 valence electrons. The van der Waals surface area contributed by atoms with Crippen molar-refractivity contribution >= 4 is 33.2 Å². The number of rotatable bonds is 4. The summed E-state index contributed by atoms with van der Waals surface area (Å²) in [6.07, 6.45) is 1.67. The molecular weight excluding hydrogens is 348 g/mol. The van der Waals surface area contributed by atoms with Crippen LogP contribution in [0.3, 0.4) is 0 Å². The van der Waals surface area contributed by atoms with E-state index in [4.69, 9.17) is 4.74 Å². The van der Waals surface area contributed by atoms with Gasteiger partial charge in [0.25, 0.3) is 0 Å². The molecule has 1 aliphatic rings. The highest BCUT2D eigenvalue weighted by Crippen LogP contribution is 2.30. The second kappa shape index (κ2) is 7.13. The zero-order valence-electron chi connectivity index (χ0n) is 15.3. The number of aryl methyl sites for hydroxylation is 2. The molecule has 26 heavy (non-hydrogen) atoms. The lowest BCUT2D eigenvalue weighted by Crippen LogP contribution is -2.47. The van der Waals surface area contributed by atoms with Crippen molar-refractivity contribution < 1.29 is 4.74 Å². The van der Waals surface area contributed by atoms with Crippen LogP contribution >= 0.6 is 11.3 Å². The summed E-state index contributed by atoms with van der Waals surface area (Å²) in [5.41, 5.74) is 0.968. The van der Waals surface area contributed by atoms with Gasteiger partial charge in [0.15, 0.2) is 5.82 Å². The topological polar surface area (TPSA) is 67.3 Å². The summed E-state index contributed by atoms with van der Waals surface area (Å²) in [5, 5.41) is 1.16. The van der Waals surface area contributed by atoms with E-state index in [2.05, 4.69) is 42.7 Å². The molecule has 8 heteroatoms. The van der Waals surface area contributed by atoms with Crippen molar-refractivity contribution in [2.75, 3.05) is 43.1 Å². The normalized spacial score (nSPS) is 15.0. The summed E-state index contributed by atoms with van der Waals surface area (Å²) in [5.74, 6) is 2.75. The average Bonchev–Trinajstić information content (AvgIpc) is 3.02. The molecule has 1 fully saturated rings. The summed E-state index contributed by atoms with van der Waals surface area (Å²) in [6, 6.07) is 4.23. The van der Waals surface area contributed by atoms with Crippen LogP contribution < -0.4 is 9.80 Å². The molecule has 0 N–H and O–H groups in total. The SMILES string of the molecule is COCc1nc(C)cc(N2CCN(c3ncnc4sc(C)cc34)CC2)n1. The lowest BCUT2D eigenvalue weighted by Gasteiger charge is -2.36. The molecule has 0 amide bonds. The number of methoxy groups -OCH3 is 1. The molecule has 1 saturated heterocycles. The van der Waals surface area contributed by atoms with E-state index >= 15 is 0 Å². The predicted octanol–water partition coefficient (Wildman–Crippen LogP) is 2.57. The minimum absolute atomic E-state index is 0.436. The van der Waals surface area contributed by atoms with E-state index in [9.17, 15) is 0 Å². The Bertz CT molecular complexity index is 919. The highest BCUT2D eigenvalue weighted by molar-refractivity contribution is 7.18. The maximum Gasteiger partial charge on any atom is 0.156 e. The van der Waals surface area contributed by atoms with E-state index < -0.39 is 0 Å². The highest BCUT2D eigenvalue weighted by Gasteiger charge is 2.22. The van der Waals surface area contributed by atoms with E-state index in [0.717, 1.165) is 59.5 Å². The molecule has 0 unspecified atom stereocenters. The molecule has 0 aromatic carbocycles. The Morgan fingerprint density at radius 1 is 1.04 bits per heavy atom. The van der Waals surface area contributed by atoms with Crippen LogP contribution in [0.4, 0.5) is 11.6 Å². The largest absolute Gasteiger partial charge is 0.377 e. The molecule has 7 nitrogen and oxygen atoms in total. The van der Waals surface area contributed by atoms with Crippen molar-refractivity contribution in [3.05, 3.63) is 34.9 Å². The second-order valence-electron chi connectivity index (χ2n) is 6.46. The molecule has 4 heterocycles. The van der Waals surface area contributed by atoms with Crippen LogP contribution in [0.5, 0.6) is 0 Å². The van der Waals surface area contributed by atoms with Gasteiger partial charge in [-0.25, -0.2) is 19.9 Å². The molecule has 3 aromatic heterocycles. The maximum atomic E-state index is 5.18. The zero-order chi connectivity index (χ0) is 18.1. The summed E-state index contributed by atoms with van der Waals surface area (Å²) < 4.78 is 5.18. The molecule has 4 rings (SSSR count). The van der Waals surface area contributed by atoms with Crippen LogP contribution in [0.25, 0.3) is 10.2 Å². The van der Waals surface area contributed by atoms with Gasteiger partial charge in [0.2, 0.25) is 0 Å². The van der Waals surface area contributed by atoms with E-state index in [1.807, 2.05) is 13.0 Å². The summed E-state index contributed by atoms with van der Waals surface area (Å²) >= 11 is 1.72. The molecule has 3 aromatic rings. The number of anilines is 2. The molecule has 1 aliphatic heterocycles. The van der Waals surface area contributed by atoms with Crippen molar-refractivity contribution in [1.82, 2.24) is 19.9 Å². The van der Waals surface area contributed by atoms with E-state index in [0.29, 0.717) is 6.61 Å². The Kier molecular flexibility index (Phi) is 4.69. The van der Waals surface area contributed by atoms with E-state index in [1.165, 1.54) is 4.88 Å². The molecule has 0 radical (unpaired) electrons. The molecular formula is C18H22N6OS. The standard InChI is InChI=1S/C18H22N6OS/c1-12-8-16(22-15(21-12)10-25-3)23-4-6-24(7-5-23)17-14-9-13(2)26-18(14)20-11-19-17/h8-9,11H,4-7,10H2,1-3H3. The lowest BCUT2D eigenvalue weighted by atomic mass is 10.2. The van der Waals surface area contributed by atoms with Crippen molar-refractivity contribution in [2.24, 2.45) is 0 Å². The van der Waals surface area contributed by atoms with Crippen LogP contribution in [0.1, 0.15) is 16.4 Å². The van der Waals surface area contributed by atoms with Gasteiger partial charge in [0.1, 0.15) is 29.4 Å². The average molecular weight is 370 g/mol. The zero-order valence-corrected chi connectivity index (χ0v) is 16.1. The highest BCUT2D eigenvalue weighted by atomic mass is 32.1. The third-order valence-corrected chi connectivity index (χ3v) is 5.45. The molecule has 0 aliphatic carbocycles. The maximum absolute atomic E-state index is 5.18. The Balaban J connectivity index is 1.52. The van der Waals surface area contributed by atoms with E-state index in [1.54, 1.807) is 24.8 Å². The van der Waals surface area contributed by atoms with Gasteiger partial charge in [-0.3, -0.25) is 0 Å². The number of thiophene rings is 1. The first kappa shape index (κ1) is 17.1. The number of piperazine rings is 1. The van der Waals surface area contributed by atoms with Crippen molar-refractivity contribution in [1.29, 1.82) is 0 Å². The van der Waals surface area contributed by atoms with Gasteiger partial charge >= 0.3 is 0 Å². The van der Waals surface area contributed by atoms with Crippen LogP contribution in [-0.2, 0) is 11.3 Å². The fraction of sp³-hybridized carbons (Fsp3) is 0.444. The molecule has 0 saturated carbocycles. The second-order valence-corrected chi connectivity index (χ2v) is 7.70. The van der Waals surface area contributed by atoms with Crippen molar-refractivity contribution in [3.63, 3.8) is 0 Å². The van der Waals surface area contributed by atoms with Crippen molar-refractivity contribution in [3.8, 4) is 0 Å². The number of hydrogen-bond donors (Lipinski definition) is 0. The Morgan fingerprint density at radius 2 is 1.81 bits per heavy atom. The first-order valence-corrected chi connectivity index (χ1v) is 9.50. The number of nitrogens with zero attached hydrogens (tertiary/aromatic N) is 6. The fourth-order valence-electron chi connectivity index (χ4n) is 3.33. The Hall–Kier alpha value is -2.32. The predicted molar refractivity (Wildman–Crippen MR) is 104 cm³/mol. The minimum Gasteiger partial charge on any atom is -0.377 e. The smallest absolute Gasteiger partial charge is 0.156 e. The van der Waals surface area contributed by atoms with Crippen LogP contribution in [-0.4, -0.2) is 53.2 Å². The number of fused-ring (bicyclic) bond motifs is 1. The summed E-state index contributed by atoms with van der Waals surface area (Å²) in [7, 11) is 1.67. The third kappa shape index (κ3) is 3.34. The van der Waals surface area contributed by atoms with Crippen LogP contribution in [0.15, 0.2) is 18.5 Å². The van der Waals surface area contributed by atoms with Gasteiger partial charge in [-0.15, -0.1) is 11.3 Å².